The Bertz CT molecular complexity index is 835. The number of hydrogen-bond donors (Lipinski definition) is 0. The van der Waals surface area contributed by atoms with E-state index in [-0.39, 0.29) is 22.4 Å². The van der Waals surface area contributed by atoms with Gasteiger partial charge in [-0.15, -0.1) is 0 Å². The second-order valence-corrected chi connectivity index (χ2v) is 17.9. The third-order valence-corrected chi connectivity index (χ3v) is 12.9. The highest BCUT2D eigenvalue weighted by Crippen LogP contribution is 2.65. The van der Waals surface area contributed by atoms with Crippen LogP contribution in [0.2, 0.25) is 0 Å². The van der Waals surface area contributed by atoms with E-state index in [1.807, 2.05) is 0 Å². The molecule has 0 aromatic heterocycles. The molecule has 5 bridgehead atoms. The molecule has 0 heterocycles. The van der Waals surface area contributed by atoms with Gasteiger partial charge in [0.15, 0.2) is 0 Å². The van der Waals surface area contributed by atoms with Gasteiger partial charge in [0, 0.05) is 5.92 Å². The first-order valence-corrected chi connectivity index (χ1v) is 15.4. The zero-order valence-electron chi connectivity index (χ0n) is 26.1. The van der Waals surface area contributed by atoms with E-state index in [4.69, 9.17) is 4.74 Å². The number of carbonyl (C=O) groups is 1. The molecule has 0 saturated heterocycles. The van der Waals surface area contributed by atoms with Gasteiger partial charge >= 0.3 is 5.97 Å². The molecule has 36 heavy (non-hydrogen) atoms. The molecule has 2 nitrogen and oxygen atoms in total. The monoisotopic (exact) mass is 500 g/mol. The molecule has 4 saturated carbocycles. The van der Waals surface area contributed by atoms with Crippen molar-refractivity contribution in [3.63, 3.8) is 0 Å². The predicted molar refractivity (Wildman–Crippen MR) is 152 cm³/mol. The van der Waals surface area contributed by atoms with Crippen LogP contribution in [0.5, 0.6) is 0 Å². The lowest BCUT2D eigenvalue weighted by Gasteiger charge is -2.54. The van der Waals surface area contributed by atoms with Gasteiger partial charge in [-0.05, 0) is 123 Å². The average Bonchev–Trinajstić information content (AvgIpc) is 3.17. The van der Waals surface area contributed by atoms with Crippen molar-refractivity contribution < 1.29 is 9.53 Å². The lowest BCUT2D eigenvalue weighted by Crippen LogP contribution is -2.55. The van der Waals surface area contributed by atoms with Crippen LogP contribution >= 0.6 is 0 Å². The first-order valence-electron chi connectivity index (χ1n) is 15.4. The van der Waals surface area contributed by atoms with Crippen LogP contribution in [0.4, 0.5) is 0 Å². The SMILES string of the molecule is CC(C)(C)CC(C)(C(=O)OC1(C)C2CCC(C2)C2CC3CC(CCC31)C(C)(C(C)(C)C)C2)C(C)(C)C. The Labute approximate surface area is 224 Å². The van der Waals surface area contributed by atoms with Gasteiger partial charge in [0.1, 0.15) is 5.60 Å². The molecule has 4 fully saturated rings. The second kappa shape index (κ2) is 8.74. The summed E-state index contributed by atoms with van der Waals surface area (Å²) >= 11 is 0. The molecular weight excluding hydrogens is 440 g/mol. The smallest absolute Gasteiger partial charge is 0.312 e. The van der Waals surface area contributed by atoms with Gasteiger partial charge in [-0.25, -0.2) is 0 Å². The van der Waals surface area contributed by atoms with Crippen LogP contribution in [0.1, 0.15) is 141 Å². The highest BCUT2D eigenvalue weighted by Gasteiger charge is 2.61. The molecule has 0 N–H and O–H groups in total. The van der Waals surface area contributed by atoms with Gasteiger partial charge in [0.05, 0.1) is 5.41 Å². The van der Waals surface area contributed by atoms with E-state index in [1.54, 1.807) is 0 Å². The first kappa shape index (κ1) is 28.5. The fraction of sp³-hybridized carbons (Fsp3) is 0.971. The number of esters is 1. The van der Waals surface area contributed by atoms with Crippen LogP contribution in [0.15, 0.2) is 0 Å². The molecule has 4 aliphatic carbocycles. The molecule has 2 heteroatoms. The molecular formula is C34H60O2. The minimum Gasteiger partial charge on any atom is -0.458 e. The van der Waals surface area contributed by atoms with Crippen molar-refractivity contribution in [3.8, 4) is 0 Å². The highest BCUT2D eigenvalue weighted by atomic mass is 16.6. The van der Waals surface area contributed by atoms with E-state index in [0.29, 0.717) is 28.6 Å². The predicted octanol–water partition coefficient (Wildman–Crippen LogP) is 9.70. The average molecular weight is 501 g/mol. The van der Waals surface area contributed by atoms with Crippen LogP contribution in [0.25, 0.3) is 0 Å². The summed E-state index contributed by atoms with van der Waals surface area (Å²) in [6, 6.07) is 0. The summed E-state index contributed by atoms with van der Waals surface area (Å²) in [6.45, 7) is 28.2. The molecule has 0 aromatic rings. The van der Waals surface area contributed by atoms with Gasteiger partial charge in [-0.1, -0.05) is 69.2 Å². The summed E-state index contributed by atoms with van der Waals surface area (Å²) in [4.78, 5) is 14.4. The van der Waals surface area contributed by atoms with Crippen LogP contribution in [-0.4, -0.2) is 11.6 Å². The van der Waals surface area contributed by atoms with Gasteiger partial charge in [0.2, 0.25) is 0 Å². The van der Waals surface area contributed by atoms with Crippen molar-refractivity contribution in [2.24, 2.45) is 62.6 Å². The molecule has 9 atom stereocenters. The minimum absolute atomic E-state index is 0.0725. The van der Waals surface area contributed by atoms with E-state index in [9.17, 15) is 4.79 Å². The van der Waals surface area contributed by atoms with Crippen LogP contribution < -0.4 is 0 Å². The number of rotatable bonds is 3. The molecule has 0 spiro atoms. The van der Waals surface area contributed by atoms with E-state index in [2.05, 4.69) is 83.1 Å². The quantitative estimate of drug-likeness (QED) is 0.360. The zero-order valence-corrected chi connectivity index (χ0v) is 26.1. The number of hydrogen-bond acceptors (Lipinski definition) is 2. The maximum atomic E-state index is 14.4. The summed E-state index contributed by atoms with van der Waals surface area (Å²) in [5, 5.41) is 0. The third-order valence-electron chi connectivity index (χ3n) is 12.9. The summed E-state index contributed by atoms with van der Waals surface area (Å²) in [6.07, 6.45) is 11.4. The lowest BCUT2D eigenvalue weighted by atomic mass is 9.54. The standard InChI is InChI=1S/C34H60O2/c1-29(2,3)21-33(11,31(7,8)9)28(35)36-34(12)26-14-13-22(18-26)24-17-23-19-25(15-16-27(23)34)32(10,20-24)30(4,5)6/h22-27H,13-21H2,1-12H3. The third kappa shape index (κ3) is 4.61. The number of carbonyl (C=O) groups excluding carboxylic acids is 1. The molecule has 0 aromatic carbocycles. The Morgan fingerprint density at radius 3 is 1.89 bits per heavy atom. The van der Waals surface area contributed by atoms with E-state index in [1.165, 1.54) is 51.4 Å². The lowest BCUT2D eigenvalue weighted by molar-refractivity contribution is -0.200. The van der Waals surface area contributed by atoms with Gasteiger partial charge in [-0.3, -0.25) is 4.79 Å². The van der Waals surface area contributed by atoms with Crippen LogP contribution in [-0.2, 0) is 9.53 Å². The molecule has 208 valence electrons. The van der Waals surface area contributed by atoms with Crippen molar-refractivity contribution in [1.29, 1.82) is 0 Å². The van der Waals surface area contributed by atoms with Crippen LogP contribution in [0, 0.1) is 62.6 Å². The second-order valence-electron chi connectivity index (χ2n) is 17.9. The molecule has 0 aliphatic heterocycles. The Hall–Kier alpha value is -0.530. The van der Waals surface area contributed by atoms with E-state index >= 15 is 0 Å². The van der Waals surface area contributed by atoms with Gasteiger partial charge < -0.3 is 4.74 Å². The molecule has 4 rings (SSSR count). The Morgan fingerprint density at radius 1 is 0.750 bits per heavy atom. The molecule has 0 amide bonds. The van der Waals surface area contributed by atoms with Crippen molar-refractivity contribution in [2.75, 3.05) is 0 Å². The summed E-state index contributed by atoms with van der Waals surface area (Å²) in [5.74, 6) is 4.31. The fourth-order valence-corrected chi connectivity index (χ4v) is 9.76. The molecule has 9 unspecified atom stereocenters. The maximum Gasteiger partial charge on any atom is 0.312 e. The first-order chi connectivity index (χ1) is 16.2. The number of ether oxygens (including phenoxy) is 1. The van der Waals surface area contributed by atoms with Gasteiger partial charge in [0.25, 0.3) is 0 Å². The molecule has 0 radical (unpaired) electrons. The van der Waals surface area contributed by atoms with Crippen molar-refractivity contribution in [1.82, 2.24) is 0 Å². The van der Waals surface area contributed by atoms with Crippen molar-refractivity contribution in [3.05, 3.63) is 0 Å². The summed E-state index contributed by atoms with van der Waals surface area (Å²) < 4.78 is 7.02. The summed E-state index contributed by atoms with van der Waals surface area (Å²) in [5.41, 5.74) is -0.147. The Balaban J connectivity index is 1.71. The zero-order chi connectivity index (χ0) is 27.1. The maximum absolute atomic E-state index is 14.4. The summed E-state index contributed by atoms with van der Waals surface area (Å²) in [7, 11) is 0. The topological polar surface area (TPSA) is 26.3 Å². The highest BCUT2D eigenvalue weighted by molar-refractivity contribution is 5.78. The molecule has 4 aliphatic rings. The van der Waals surface area contributed by atoms with E-state index in [0.717, 1.165) is 24.2 Å². The van der Waals surface area contributed by atoms with Crippen molar-refractivity contribution >= 4 is 5.97 Å². The largest absolute Gasteiger partial charge is 0.458 e. The Kier molecular flexibility index (Phi) is 6.91. The minimum atomic E-state index is -0.497. The van der Waals surface area contributed by atoms with Crippen LogP contribution in [0.3, 0.4) is 0 Å². The van der Waals surface area contributed by atoms with Gasteiger partial charge in [-0.2, -0.15) is 0 Å². The fourth-order valence-electron chi connectivity index (χ4n) is 9.76. The number of fused-ring (bicyclic) bond motifs is 5. The van der Waals surface area contributed by atoms with Crippen molar-refractivity contribution in [2.45, 2.75) is 146 Å². The normalized spacial score (nSPS) is 42.8. The Morgan fingerprint density at radius 2 is 1.33 bits per heavy atom. The van der Waals surface area contributed by atoms with E-state index < -0.39 is 5.41 Å².